The van der Waals surface area contributed by atoms with Crippen LogP contribution in [0.2, 0.25) is 0 Å². The number of anilines is 1. The third kappa shape index (κ3) is 4.73. The SMILES string of the molecule is N#Cc1ccc(NC(=O)C(O)(CS(=O)(=O)C2CC2)c2ccc(F)c(F)c2)cc1C(F)(F)F. The molecule has 1 saturated carbocycles. The minimum atomic E-state index is -4.93. The molecule has 170 valence electrons. The summed E-state index contributed by atoms with van der Waals surface area (Å²) in [4.78, 5) is 12.9. The Morgan fingerprint density at radius 1 is 1.12 bits per heavy atom. The highest BCUT2D eigenvalue weighted by atomic mass is 32.2. The topological polar surface area (TPSA) is 107 Å². The number of nitrogens with one attached hydrogen (secondary N) is 1. The predicted octanol–water partition coefficient (Wildman–Crippen LogP) is 3.26. The van der Waals surface area contributed by atoms with E-state index < -0.39 is 72.5 Å². The summed E-state index contributed by atoms with van der Waals surface area (Å²) in [5, 5.41) is 21.0. The van der Waals surface area contributed by atoms with Gasteiger partial charge in [-0.3, -0.25) is 4.79 Å². The number of benzene rings is 2. The maximum absolute atomic E-state index is 13.7. The van der Waals surface area contributed by atoms with Crippen LogP contribution in [0.3, 0.4) is 0 Å². The number of rotatable bonds is 6. The van der Waals surface area contributed by atoms with E-state index in [1.54, 1.807) is 0 Å². The van der Waals surface area contributed by atoms with Gasteiger partial charge >= 0.3 is 6.18 Å². The highest BCUT2D eigenvalue weighted by molar-refractivity contribution is 7.92. The minimum absolute atomic E-state index is 0.294. The number of hydrogen-bond donors (Lipinski definition) is 2. The molecule has 32 heavy (non-hydrogen) atoms. The first-order valence-electron chi connectivity index (χ1n) is 9.10. The van der Waals surface area contributed by atoms with Crippen molar-refractivity contribution in [3.05, 3.63) is 64.7 Å². The summed E-state index contributed by atoms with van der Waals surface area (Å²) in [6, 6.07) is 5.37. The first kappa shape index (κ1) is 23.6. The van der Waals surface area contributed by atoms with E-state index in [1.807, 2.05) is 5.32 Å². The van der Waals surface area contributed by atoms with Crippen molar-refractivity contribution in [1.29, 1.82) is 5.26 Å². The number of halogens is 5. The Balaban J connectivity index is 2.03. The summed E-state index contributed by atoms with van der Waals surface area (Å²) >= 11 is 0. The summed E-state index contributed by atoms with van der Waals surface area (Å²) in [5.41, 5.74) is -6.10. The Hall–Kier alpha value is -3.04. The summed E-state index contributed by atoms with van der Waals surface area (Å²) in [7, 11) is -4.05. The number of nitrogens with zero attached hydrogens (tertiary/aromatic N) is 1. The van der Waals surface area contributed by atoms with Crippen LogP contribution in [0, 0.1) is 23.0 Å². The van der Waals surface area contributed by atoms with E-state index in [0.717, 1.165) is 18.2 Å². The molecule has 0 saturated heterocycles. The van der Waals surface area contributed by atoms with Crippen molar-refractivity contribution in [3.63, 3.8) is 0 Å². The van der Waals surface area contributed by atoms with Crippen molar-refractivity contribution in [2.24, 2.45) is 0 Å². The molecule has 0 heterocycles. The van der Waals surface area contributed by atoms with Crippen molar-refractivity contribution in [1.82, 2.24) is 0 Å². The van der Waals surface area contributed by atoms with E-state index in [-0.39, 0.29) is 0 Å². The number of hydrogen-bond acceptors (Lipinski definition) is 5. The Bertz CT molecular complexity index is 1220. The first-order valence-corrected chi connectivity index (χ1v) is 10.8. The highest BCUT2D eigenvalue weighted by Crippen LogP contribution is 2.36. The molecule has 0 radical (unpaired) electrons. The molecule has 1 aliphatic carbocycles. The largest absolute Gasteiger partial charge is 0.417 e. The van der Waals surface area contributed by atoms with Crippen LogP contribution in [-0.4, -0.2) is 30.4 Å². The fourth-order valence-corrected chi connectivity index (χ4v) is 5.03. The summed E-state index contributed by atoms with van der Waals surface area (Å²) in [5.74, 6) is -5.44. The monoisotopic (exact) mass is 474 g/mol. The molecule has 1 atom stereocenters. The van der Waals surface area contributed by atoms with Crippen molar-refractivity contribution >= 4 is 21.4 Å². The van der Waals surface area contributed by atoms with Crippen LogP contribution < -0.4 is 5.32 Å². The number of aliphatic hydroxyl groups is 1. The van der Waals surface area contributed by atoms with E-state index in [0.29, 0.717) is 31.0 Å². The number of amides is 1. The molecular weight excluding hydrogens is 459 g/mol. The van der Waals surface area contributed by atoms with E-state index in [4.69, 9.17) is 5.26 Å². The molecule has 12 heteroatoms. The Kier molecular flexibility index (Phi) is 6.01. The fraction of sp³-hybridized carbons (Fsp3) is 0.300. The number of carbonyl (C=O) groups excluding carboxylic acids is 1. The quantitative estimate of drug-likeness (QED) is 0.625. The molecule has 1 amide bonds. The maximum atomic E-state index is 13.7. The van der Waals surface area contributed by atoms with E-state index >= 15 is 0 Å². The lowest BCUT2D eigenvalue weighted by Gasteiger charge is -2.27. The number of sulfone groups is 1. The van der Waals surface area contributed by atoms with Crippen LogP contribution in [0.1, 0.15) is 29.5 Å². The highest BCUT2D eigenvalue weighted by Gasteiger charge is 2.47. The van der Waals surface area contributed by atoms with E-state index in [1.165, 1.54) is 6.07 Å². The lowest BCUT2D eigenvalue weighted by Crippen LogP contribution is -2.46. The van der Waals surface area contributed by atoms with Gasteiger partial charge in [-0.1, -0.05) is 6.07 Å². The van der Waals surface area contributed by atoms with Crippen molar-refractivity contribution in [2.45, 2.75) is 29.9 Å². The zero-order valence-corrected chi connectivity index (χ0v) is 16.9. The third-order valence-corrected chi connectivity index (χ3v) is 7.23. The fourth-order valence-electron chi connectivity index (χ4n) is 3.06. The van der Waals surface area contributed by atoms with Gasteiger partial charge in [0.25, 0.3) is 5.91 Å². The molecule has 2 aromatic rings. The zero-order valence-electron chi connectivity index (χ0n) is 16.1. The second-order valence-corrected chi connectivity index (χ2v) is 9.60. The van der Waals surface area contributed by atoms with Crippen LogP contribution in [0.15, 0.2) is 36.4 Å². The zero-order chi connectivity index (χ0) is 23.9. The van der Waals surface area contributed by atoms with Crippen LogP contribution in [0.5, 0.6) is 0 Å². The van der Waals surface area contributed by atoms with Crippen LogP contribution in [0.25, 0.3) is 0 Å². The summed E-state index contributed by atoms with van der Waals surface area (Å²) < 4.78 is 91.6. The van der Waals surface area contributed by atoms with Gasteiger partial charge in [0.2, 0.25) is 0 Å². The molecule has 0 aliphatic heterocycles. The van der Waals surface area contributed by atoms with Crippen molar-refractivity contribution in [3.8, 4) is 6.07 Å². The van der Waals surface area contributed by atoms with Gasteiger partial charge in [0.1, 0.15) is 0 Å². The van der Waals surface area contributed by atoms with Gasteiger partial charge < -0.3 is 10.4 Å². The number of carbonyl (C=O) groups is 1. The molecule has 0 bridgehead atoms. The molecule has 2 N–H and O–H groups in total. The predicted molar refractivity (Wildman–Crippen MR) is 102 cm³/mol. The van der Waals surface area contributed by atoms with Gasteiger partial charge in [-0.25, -0.2) is 17.2 Å². The van der Waals surface area contributed by atoms with Crippen molar-refractivity contribution < 1.29 is 40.3 Å². The Labute approximate surface area is 179 Å². The minimum Gasteiger partial charge on any atom is -0.374 e. The smallest absolute Gasteiger partial charge is 0.374 e. The van der Waals surface area contributed by atoms with E-state index in [9.17, 15) is 40.3 Å². The van der Waals surface area contributed by atoms with Crippen LogP contribution in [-0.2, 0) is 26.4 Å². The first-order chi connectivity index (χ1) is 14.8. The van der Waals surface area contributed by atoms with Gasteiger partial charge in [-0.2, -0.15) is 18.4 Å². The molecule has 1 unspecified atom stereocenters. The molecule has 2 aromatic carbocycles. The normalized spacial score (nSPS) is 16.2. The van der Waals surface area contributed by atoms with Crippen molar-refractivity contribution in [2.75, 3.05) is 11.1 Å². The molecule has 1 aliphatic rings. The summed E-state index contributed by atoms with van der Waals surface area (Å²) in [6.07, 6.45) is -4.34. The number of alkyl halides is 3. The van der Waals surface area contributed by atoms with Gasteiger partial charge in [0.15, 0.2) is 27.1 Å². The average molecular weight is 474 g/mol. The van der Waals surface area contributed by atoms with Gasteiger partial charge in [-0.05, 0) is 48.7 Å². The lowest BCUT2D eigenvalue weighted by atomic mass is 9.94. The van der Waals surface area contributed by atoms with Gasteiger partial charge in [0.05, 0.1) is 28.2 Å². The summed E-state index contributed by atoms with van der Waals surface area (Å²) in [6.45, 7) is 0. The standard InChI is InChI=1S/C20H15F5N2O4S/c21-16-6-2-12(7-17(16)22)19(29,10-32(30,31)14-4-5-14)18(28)27-13-3-1-11(9-26)15(8-13)20(23,24)25/h1-3,6-8,14,29H,4-5,10H2,(H,27,28). The Morgan fingerprint density at radius 2 is 1.78 bits per heavy atom. The second kappa shape index (κ2) is 8.14. The van der Waals surface area contributed by atoms with Gasteiger partial charge in [-0.15, -0.1) is 0 Å². The molecular formula is C20H15F5N2O4S. The van der Waals surface area contributed by atoms with Crippen LogP contribution in [0.4, 0.5) is 27.6 Å². The lowest BCUT2D eigenvalue weighted by molar-refractivity contribution is -0.138. The molecule has 6 nitrogen and oxygen atoms in total. The average Bonchev–Trinajstić information content (AvgIpc) is 3.55. The number of nitriles is 1. The molecule has 0 aromatic heterocycles. The van der Waals surface area contributed by atoms with E-state index in [2.05, 4.69) is 0 Å². The maximum Gasteiger partial charge on any atom is 0.417 e. The molecule has 1 fully saturated rings. The second-order valence-electron chi connectivity index (χ2n) is 7.32. The van der Waals surface area contributed by atoms with Crippen LogP contribution >= 0.6 is 0 Å². The third-order valence-electron chi connectivity index (χ3n) is 4.92. The Morgan fingerprint density at radius 3 is 2.31 bits per heavy atom. The molecule has 0 spiro atoms. The molecule has 3 rings (SSSR count). The van der Waals surface area contributed by atoms with Gasteiger partial charge in [0, 0.05) is 5.69 Å².